The van der Waals surface area contributed by atoms with Crippen LogP contribution in [0, 0.1) is 30.1 Å². The third-order valence-electron chi connectivity index (χ3n) is 6.60. The number of fused-ring (bicyclic) bond motifs is 2. The van der Waals surface area contributed by atoms with Crippen LogP contribution in [0.25, 0.3) is 11.2 Å². The van der Waals surface area contributed by atoms with E-state index in [1.54, 1.807) is 17.7 Å². The topological polar surface area (TPSA) is 100 Å². The summed E-state index contributed by atoms with van der Waals surface area (Å²) in [7, 11) is 0. The molecule has 2 fully saturated rings. The number of thiophene rings is 1. The van der Waals surface area contributed by atoms with Crippen LogP contribution in [0.4, 0.5) is 5.69 Å². The summed E-state index contributed by atoms with van der Waals surface area (Å²) in [5.41, 5.74) is 1.84. The van der Waals surface area contributed by atoms with E-state index in [2.05, 4.69) is 22.1 Å². The summed E-state index contributed by atoms with van der Waals surface area (Å²) in [5.74, 6) is 6.11. The van der Waals surface area contributed by atoms with Gasteiger partial charge in [0.05, 0.1) is 34.5 Å². The van der Waals surface area contributed by atoms with Gasteiger partial charge in [-0.2, -0.15) is 0 Å². The summed E-state index contributed by atoms with van der Waals surface area (Å²) in [6, 6.07) is 5.46. The molecule has 0 radical (unpaired) electrons. The van der Waals surface area contributed by atoms with Crippen molar-refractivity contribution in [1.82, 2.24) is 14.5 Å². The Balaban J connectivity index is 1.60. The fourth-order valence-corrected chi connectivity index (χ4v) is 5.73. The number of hydrogen-bond acceptors (Lipinski definition) is 7. The lowest BCUT2D eigenvalue weighted by molar-refractivity contribution is -0.128. The van der Waals surface area contributed by atoms with Gasteiger partial charge in [0.1, 0.15) is 23.1 Å². The molecule has 0 aromatic carbocycles. The van der Waals surface area contributed by atoms with Gasteiger partial charge in [-0.1, -0.05) is 0 Å². The van der Waals surface area contributed by atoms with Gasteiger partial charge >= 0.3 is 0 Å². The van der Waals surface area contributed by atoms with E-state index >= 15 is 0 Å². The molecule has 3 heterocycles. The molecule has 0 amide bonds. The Hall–Kier alpha value is -2.73. The van der Waals surface area contributed by atoms with Crippen LogP contribution in [0.1, 0.15) is 41.8 Å². The van der Waals surface area contributed by atoms with Crippen LogP contribution in [-0.4, -0.2) is 49.3 Å². The minimum atomic E-state index is -1.07. The first-order valence-corrected chi connectivity index (χ1v) is 11.3. The molecule has 1 unspecified atom stereocenters. The van der Waals surface area contributed by atoms with Gasteiger partial charge in [0, 0.05) is 11.4 Å². The normalized spacial score (nSPS) is 28.8. The number of carbonyl (C=O) groups excluding carboxylic acids is 1. The van der Waals surface area contributed by atoms with Crippen molar-refractivity contribution in [2.24, 2.45) is 11.3 Å². The molecule has 5 rings (SSSR count). The van der Waals surface area contributed by atoms with Gasteiger partial charge in [-0.15, -0.1) is 11.3 Å². The molecule has 2 aliphatic carbocycles. The Morgan fingerprint density at radius 2 is 2.19 bits per heavy atom. The number of aryl methyl sites for hydroxylation is 1. The van der Waals surface area contributed by atoms with Gasteiger partial charge in [0.25, 0.3) is 0 Å². The smallest absolute Gasteiger partial charge is 0.163 e. The van der Waals surface area contributed by atoms with Crippen LogP contribution in [0.15, 0.2) is 24.5 Å². The zero-order chi connectivity index (χ0) is 21.9. The Labute approximate surface area is 184 Å². The highest BCUT2D eigenvalue weighted by molar-refractivity contribution is 7.12. The van der Waals surface area contributed by atoms with E-state index in [-0.39, 0.29) is 11.7 Å². The molecule has 2 aliphatic rings. The molecule has 0 bridgehead atoms. The standard InChI is InChI=1S/C23H24N4O3S/c1-4-24-17-9-14(6-8-15-7-5-12(2)31-15)26-22-18(17)25-11-27(22)19-16-10-23(16,13(3)28)21(30)20(19)29/h5,7,9,11,16,19-21,29-30H,4,10H2,1-3H3,(H,24,26)/t16?,19-,20+,21+,23+/m1/s1. The molecule has 0 spiro atoms. The number of aliphatic hydroxyl groups excluding tert-OH is 2. The second kappa shape index (κ2) is 7.16. The predicted octanol–water partition coefficient (Wildman–Crippen LogP) is 2.50. The van der Waals surface area contributed by atoms with E-state index in [4.69, 9.17) is 4.98 Å². The third kappa shape index (κ3) is 2.99. The number of nitrogens with one attached hydrogen (secondary N) is 1. The number of aromatic nitrogens is 3. The highest BCUT2D eigenvalue weighted by atomic mass is 32.1. The number of hydrogen-bond donors (Lipinski definition) is 3. The Kier molecular flexibility index (Phi) is 4.66. The first-order chi connectivity index (χ1) is 14.9. The maximum Gasteiger partial charge on any atom is 0.163 e. The van der Waals surface area contributed by atoms with Crippen LogP contribution in [0.2, 0.25) is 0 Å². The second-order valence-electron chi connectivity index (χ2n) is 8.40. The quantitative estimate of drug-likeness (QED) is 0.544. The number of rotatable bonds is 4. The summed E-state index contributed by atoms with van der Waals surface area (Å²) in [4.78, 5) is 23.7. The Morgan fingerprint density at radius 1 is 1.39 bits per heavy atom. The van der Waals surface area contributed by atoms with E-state index in [1.807, 2.05) is 36.6 Å². The molecule has 31 heavy (non-hydrogen) atoms. The van der Waals surface area contributed by atoms with Crippen molar-refractivity contribution in [1.29, 1.82) is 0 Å². The van der Waals surface area contributed by atoms with Crippen molar-refractivity contribution in [2.45, 2.75) is 45.4 Å². The van der Waals surface area contributed by atoms with Crippen molar-refractivity contribution in [3.8, 4) is 11.8 Å². The van der Waals surface area contributed by atoms with Crippen LogP contribution < -0.4 is 5.32 Å². The Morgan fingerprint density at radius 3 is 2.84 bits per heavy atom. The molecule has 5 atom stereocenters. The highest BCUT2D eigenvalue weighted by Gasteiger charge is 2.74. The molecule has 7 nitrogen and oxygen atoms in total. The fraction of sp³-hybridized carbons (Fsp3) is 0.435. The number of imidazole rings is 1. The lowest BCUT2D eigenvalue weighted by atomic mass is 9.95. The van der Waals surface area contributed by atoms with Crippen molar-refractivity contribution in [3.05, 3.63) is 40.0 Å². The Bertz CT molecular complexity index is 1250. The maximum atomic E-state index is 12.2. The zero-order valence-electron chi connectivity index (χ0n) is 17.6. The zero-order valence-corrected chi connectivity index (χ0v) is 18.4. The largest absolute Gasteiger partial charge is 0.389 e. The molecule has 3 aromatic heterocycles. The van der Waals surface area contributed by atoms with Crippen molar-refractivity contribution >= 4 is 34.0 Å². The molecule has 3 aromatic rings. The summed E-state index contributed by atoms with van der Waals surface area (Å²) < 4.78 is 1.81. The van der Waals surface area contributed by atoms with E-state index in [0.29, 0.717) is 29.8 Å². The lowest BCUT2D eigenvalue weighted by Crippen LogP contribution is -2.36. The average Bonchev–Trinajstić information content (AvgIpc) is 2.99. The molecule has 2 saturated carbocycles. The minimum Gasteiger partial charge on any atom is -0.389 e. The van der Waals surface area contributed by atoms with Crippen LogP contribution in [0.5, 0.6) is 0 Å². The monoisotopic (exact) mass is 436 g/mol. The van der Waals surface area contributed by atoms with Crippen molar-refractivity contribution < 1.29 is 15.0 Å². The molecular weight excluding hydrogens is 412 g/mol. The fourth-order valence-electron chi connectivity index (χ4n) is 5.01. The van der Waals surface area contributed by atoms with Gasteiger partial charge in [-0.3, -0.25) is 4.79 Å². The van der Waals surface area contributed by atoms with Crippen LogP contribution >= 0.6 is 11.3 Å². The molecule has 3 N–H and O–H groups in total. The molecule has 160 valence electrons. The van der Waals surface area contributed by atoms with E-state index < -0.39 is 23.7 Å². The minimum absolute atomic E-state index is 0.0740. The number of anilines is 1. The van der Waals surface area contributed by atoms with Crippen molar-refractivity contribution in [3.63, 3.8) is 0 Å². The second-order valence-corrected chi connectivity index (χ2v) is 9.69. The van der Waals surface area contributed by atoms with Crippen molar-refractivity contribution in [2.75, 3.05) is 11.9 Å². The van der Waals surface area contributed by atoms with E-state index in [9.17, 15) is 15.0 Å². The van der Waals surface area contributed by atoms with Gasteiger partial charge < -0.3 is 20.1 Å². The van der Waals surface area contributed by atoms with Gasteiger partial charge in [-0.25, -0.2) is 9.97 Å². The van der Waals surface area contributed by atoms with E-state index in [1.165, 1.54) is 11.8 Å². The van der Waals surface area contributed by atoms with Gasteiger partial charge in [0.2, 0.25) is 0 Å². The highest BCUT2D eigenvalue weighted by Crippen LogP contribution is 2.68. The van der Waals surface area contributed by atoms with Crippen LogP contribution in [-0.2, 0) is 4.79 Å². The van der Waals surface area contributed by atoms with Gasteiger partial charge in [0.15, 0.2) is 5.65 Å². The number of aliphatic hydroxyl groups is 2. The molecular formula is C23H24N4O3S. The molecule has 0 aliphatic heterocycles. The number of ketones is 1. The summed E-state index contributed by atoms with van der Waals surface area (Å²) in [6.45, 7) is 6.25. The first kappa shape index (κ1) is 20.2. The average molecular weight is 437 g/mol. The maximum absolute atomic E-state index is 12.2. The number of nitrogens with zero attached hydrogens (tertiary/aromatic N) is 3. The molecule has 0 saturated heterocycles. The predicted molar refractivity (Wildman–Crippen MR) is 119 cm³/mol. The first-order valence-electron chi connectivity index (χ1n) is 10.4. The summed E-state index contributed by atoms with van der Waals surface area (Å²) in [5, 5.41) is 24.7. The molecule has 8 heteroatoms. The number of carbonyl (C=O) groups is 1. The third-order valence-corrected chi connectivity index (χ3v) is 7.52. The number of Topliss-reactive ketones (excluding diaryl/α,β-unsaturated/α-hetero) is 1. The van der Waals surface area contributed by atoms with E-state index in [0.717, 1.165) is 10.6 Å². The SMILES string of the molecule is CCNc1cc(C#Cc2ccc(C)s2)nc2c1ncn2[C@@H]1C2C[C@@]2(C(C)=O)[C@@H](O)[C@H]1O. The summed E-state index contributed by atoms with van der Waals surface area (Å²) in [6.07, 6.45) is 0.0966. The van der Waals surface area contributed by atoms with Gasteiger partial charge in [-0.05, 0) is 63.1 Å². The van der Waals surface area contributed by atoms with Crippen LogP contribution in [0.3, 0.4) is 0 Å². The number of pyridine rings is 1. The summed E-state index contributed by atoms with van der Waals surface area (Å²) >= 11 is 1.63. The lowest BCUT2D eigenvalue weighted by Gasteiger charge is -2.23.